The molecule has 4 rings (SSSR count). The van der Waals surface area contributed by atoms with Crippen molar-refractivity contribution in [2.24, 2.45) is 0 Å². The summed E-state index contributed by atoms with van der Waals surface area (Å²) in [5.74, 6) is 0.496. The van der Waals surface area contributed by atoms with Gasteiger partial charge in [0.2, 0.25) is 0 Å². The maximum atomic E-state index is 9.50. The van der Waals surface area contributed by atoms with Gasteiger partial charge in [-0.3, -0.25) is 0 Å². The van der Waals surface area contributed by atoms with Crippen molar-refractivity contribution in [3.05, 3.63) is 95.6 Å². The lowest BCUT2D eigenvalue weighted by Crippen LogP contribution is -1.98. The van der Waals surface area contributed by atoms with Crippen LogP contribution in [0.2, 0.25) is 5.15 Å². The first kappa shape index (κ1) is 17.0. The molecular formula is C23H14ClN3. The highest BCUT2D eigenvalue weighted by Crippen LogP contribution is 2.30. The van der Waals surface area contributed by atoms with Gasteiger partial charge < -0.3 is 0 Å². The summed E-state index contributed by atoms with van der Waals surface area (Å²) in [7, 11) is 0. The van der Waals surface area contributed by atoms with Gasteiger partial charge in [-0.1, -0.05) is 90.5 Å². The summed E-state index contributed by atoms with van der Waals surface area (Å²) in [6.45, 7) is 0. The van der Waals surface area contributed by atoms with Crippen LogP contribution in [0.4, 0.5) is 0 Å². The third kappa shape index (κ3) is 3.44. The Morgan fingerprint density at radius 3 is 1.93 bits per heavy atom. The number of aromatic nitrogens is 2. The van der Waals surface area contributed by atoms with Gasteiger partial charge in [-0.25, -0.2) is 9.97 Å². The zero-order chi connectivity index (χ0) is 18.6. The van der Waals surface area contributed by atoms with E-state index in [1.165, 1.54) is 0 Å². The molecule has 128 valence electrons. The van der Waals surface area contributed by atoms with Crippen molar-refractivity contribution in [1.29, 1.82) is 5.26 Å². The molecule has 0 bridgehead atoms. The third-order valence-corrected chi connectivity index (χ3v) is 4.53. The van der Waals surface area contributed by atoms with Gasteiger partial charge in [0.05, 0.1) is 5.69 Å². The minimum absolute atomic E-state index is 0.159. The van der Waals surface area contributed by atoms with Crippen LogP contribution in [0.5, 0.6) is 0 Å². The normalized spacial score (nSPS) is 10.4. The maximum absolute atomic E-state index is 9.50. The molecule has 1 aromatic heterocycles. The molecule has 0 saturated carbocycles. The lowest BCUT2D eigenvalue weighted by atomic mass is 10.0. The Balaban J connectivity index is 1.86. The monoisotopic (exact) mass is 367 g/mol. The fourth-order valence-electron chi connectivity index (χ4n) is 2.93. The fourth-order valence-corrected chi connectivity index (χ4v) is 3.15. The fraction of sp³-hybridized carbons (Fsp3) is 0. The van der Waals surface area contributed by atoms with Crippen LogP contribution in [0.15, 0.2) is 84.9 Å². The van der Waals surface area contributed by atoms with E-state index in [1.54, 1.807) is 0 Å². The molecule has 1 heterocycles. The van der Waals surface area contributed by atoms with Gasteiger partial charge in [-0.2, -0.15) is 5.26 Å². The molecule has 0 saturated heterocycles. The molecule has 3 aromatic carbocycles. The summed E-state index contributed by atoms with van der Waals surface area (Å²) in [6, 6.07) is 29.8. The highest BCUT2D eigenvalue weighted by molar-refractivity contribution is 6.31. The predicted octanol–water partition coefficient (Wildman–Crippen LogP) is 6.00. The largest absolute Gasteiger partial charge is 0.226 e. The SMILES string of the molecule is N#Cc1c(Cl)nc(-c2cccc(-c3ccccc3)c2)nc1-c1ccccc1. The summed E-state index contributed by atoms with van der Waals surface area (Å²) in [5, 5.41) is 9.66. The molecule has 3 nitrogen and oxygen atoms in total. The zero-order valence-corrected chi connectivity index (χ0v) is 15.1. The first-order valence-electron chi connectivity index (χ1n) is 8.45. The standard InChI is InChI=1S/C23H14ClN3/c24-22-20(15-25)21(17-10-5-2-6-11-17)26-23(27-22)19-13-7-12-18(14-19)16-8-3-1-4-9-16/h1-14H. The summed E-state index contributed by atoms with van der Waals surface area (Å²) in [6.07, 6.45) is 0. The van der Waals surface area contributed by atoms with Crippen molar-refractivity contribution in [2.45, 2.75) is 0 Å². The van der Waals surface area contributed by atoms with E-state index >= 15 is 0 Å². The molecule has 0 spiro atoms. The van der Waals surface area contributed by atoms with Gasteiger partial charge in [0.1, 0.15) is 11.6 Å². The molecule has 0 amide bonds. The Morgan fingerprint density at radius 2 is 1.26 bits per heavy atom. The van der Waals surface area contributed by atoms with E-state index < -0.39 is 0 Å². The topological polar surface area (TPSA) is 49.6 Å². The van der Waals surface area contributed by atoms with Gasteiger partial charge in [0.15, 0.2) is 11.0 Å². The predicted molar refractivity (Wildman–Crippen MR) is 108 cm³/mol. The van der Waals surface area contributed by atoms with Gasteiger partial charge in [0.25, 0.3) is 0 Å². The van der Waals surface area contributed by atoms with Gasteiger partial charge in [-0.15, -0.1) is 0 Å². The van der Waals surface area contributed by atoms with E-state index in [1.807, 2.05) is 72.8 Å². The number of nitrogens with zero attached hydrogens (tertiary/aromatic N) is 3. The summed E-state index contributed by atoms with van der Waals surface area (Å²) in [4.78, 5) is 9.03. The molecule has 0 atom stereocenters. The minimum atomic E-state index is 0.159. The van der Waals surface area contributed by atoms with E-state index in [2.05, 4.69) is 28.2 Å². The van der Waals surface area contributed by atoms with E-state index in [-0.39, 0.29) is 10.7 Å². The van der Waals surface area contributed by atoms with Gasteiger partial charge >= 0.3 is 0 Å². The highest BCUT2D eigenvalue weighted by Gasteiger charge is 2.16. The molecule has 0 aliphatic carbocycles. The maximum Gasteiger partial charge on any atom is 0.161 e. The van der Waals surface area contributed by atoms with Crippen molar-refractivity contribution in [1.82, 2.24) is 9.97 Å². The van der Waals surface area contributed by atoms with Gasteiger partial charge in [0, 0.05) is 11.1 Å². The van der Waals surface area contributed by atoms with Crippen molar-refractivity contribution < 1.29 is 0 Å². The summed E-state index contributed by atoms with van der Waals surface area (Å²) >= 11 is 6.32. The molecule has 0 N–H and O–H groups in total. The highest BCUT2D eigenvalue weighted by atomic mass is 35.5. The van der Waals surface area contributed by atoms with E-state index in [0.29, 0.717) is 11.5 Å². The molecule has 0 unspecified atom stereocenters. The molecule has 0 aliphatic rings. The van der Waals surface area contributed by atoms with Crippen LogP contribution in [-0.2, 0) is 0 Å². The molecule has 27 heavy (non-hydrogen) atoms. The molecule has 4 heteroatoms. The Labute approximate surface area is 162 Å². The second-order valence-electron chi connectivity index (χ2n) is 5.99. The van der Waals surface area contributed by atoms with Crippen LogP contribution < -0.4 is 0 Å². The van der Waals surface area contributed by atoms with Crippen LogP contribution in [-0.4, -0.2) is 9.97 Å². The number of rotatable bonds is 3. The quantitative estimate of drug-likeness (QED) is 0.417. The molecule has 4 aromatic rings. The minimum Gasteiger partial charge on any atom is -0.226 e. The van der Waals surface area contributed by atoms with Gasteiger partial charge in [-0.05, 0) is 17.2 Å². The molecule has 0 radical (unpaired) electrons. The summed E-state index contributed by atoms with van der Waals surface area (Å²) in [5.41, 5.74) is 4.68. The van der Waals surface area contributed by atoms with Crippen LogP contribution in [0, 0.1) is 11.3 Å². The smallest absolute Gasteiger partial charge is 0.161 e. The third-order valence-electron chi connectivity index (χ3n) is 4.25. The molecule has 0 fully saturated rings. The average Bonchev–Trinajstić information content (AvgIpc) is 2.74. The summed E-state index contributed by atoms with van der Waals surface area (Å²) < 4.78 is 0. The average molecular weight is 368 g/mol. The first-order chi connectivity index (χ1) is 13.3. The van der Waals surface area contributed by atoms with E-state index in [9.17, 15) is 5.26 Å². The Bertz CT molecular complexity index is 1130. The van der Waals surface area contributed by atoms with Crippen LogP contribution in [0.25, 0.3) is 33.8 Å². The lowest BCUT2D eigenvalue weighted by molar-refractivity contribution is 1.16. The molecular weight excluding hydrogens is 354 g/mol. The number of nitriles is 1. The number of benzene rings is 3. The Morgan fingerprint density at radius 1 is 0.667 bits per heavy atom. The van der Waals surface area contributed by atoms with E-state index in [0.717, 1.165) is 22.3 Å². The van der Waals surface area contributed by atoms with Crippen LogP contribution in [0.3, 0.4) is 0 Å². The number of hydrogen-bond donors (Lipinski definition) is 0. The number of hydrogen-bond acceptors (Lipinski definition) is 3. The molecule has 0 aliphatic heterocycles. The van der Waals surface area contributed by atoms with Crippen molar-refractivity contribution >= 4 is 11.6 Å². The first-order valence-corrected chi connectivity index (χ1v) is 8.83. The Kier molecular flexibility index (Phi) is 4.65. The number of halogens is 1. The lowest BCUT2D eigenvalue weighted by Gasteiger charge is -2.09. The van der Waals surface area contributed by atoms with Crippen molar-refractivity contribution in [3.8, 4) is 39.8 Å². The van der Waals surface area contributed by atoms with E-state index in [4.69, 9.17) is 11.6 Å². The second-order valence-corrected chi connectivity index (χ2v) is 6.34. The van der Waals surface area contributed by atoms with Crippen LogP contribution in [0.1, 0.15) is 5.56 Å². The van der Waals surface area contributed by atoms with Crippen molar-refractivity contribution in [2.75, 3.05) is 0 Å². The zero-order valence-electron chi connectivity index (χ0n) is 14.3. The van der Waals surface area contributed by atoms with Crippen LogP contribution >= 0.6 is 11.6 Å². The Hall–Kier alpha value is -3.48. The second kappa shape index (κ2) is 7.41. The van der Waals surface area contributed by atoms with Crippen molar-refractivity contribution in [3.63, 3.8) is 0 Å².